The van der Waals surface area contributed by atoms with Crippen LogP contribution in [0.15, 0.2) is 46.9 Å². The molecule has 4 heteroatoms. The van der Waals surface area contributed by atoms with Crippen molar-refractivity contribution in [2.24, 2.45) is 0 Å². The maximum atomic E-state index is 12.6. The number of fused-ring (bicyclic) bond motifs is 1. The maximum Gasteiger partial charge on any atom is 0.232 e. The first-order chi connectivity index (χ1) is 10.1. The van der Waals surface area contributed by atoms with Gasteiger partial charge in [0.1, 0.15) is 17.1 Å². The number of hydrogen-bond donors (Lipinski definition) is 1. The predicted molar refractivity (Wildman–Crippen MR) is 79.0 cm³/mol. The number of phenolic OH excluding ortho intramolecular Hbond substituents is 1. The van der Waals surface area contributed by atoms with Gasteiger partial charge >= 0.3 is 0 Å². The fourth-order valence-electron chi connectivity index (χ4n) is 2.34. The highest BCUT2D eigenvalue weighted by Gasteiger charge is 2.21. The van der Waals surface area contributed by atoms with Gasteiger partial charge in [-0.3, -0.25) is 4.79 Å². The first-order valence-electron chi connectivity index (χ1n) is 6.51. The van der Waals surface area contributed by atoms with Crippen LogP contribution in [0.5, 0.6) is 11.5 Å². The maximum absolute atomic E-state index is 12.6. The summed E-state index contributed by atoms with van der Waals surface area (Å²) in [6, 6.07) is 12.0. The molecule has 0 amide bonds. The van der Waals surface area contributed by atoms with Crippen LogP contribution in [0.2, 0.25) is 0 Å². The van der Waals surface area contributed by atoms with E-state index in [0.29, 0.717) is 11.3 Å². The third kappa shape index (κ3) is 2.14. The Kier molecular flexibility index (Phi) is 3.14. The molecule has 1 heterocycles. The van der Waals surface area contributed by atoms with Gasteiger partial charge < -0.3 is 14.3 Å². The lowest BCUT2D eigenvalue weighted by atomic mass is 10.0. The molecule has 0 spiro atoms. The lowest BCUT2D eigenvalue weighted by Crippen LogP contribution is -2.02. The Morgan fingerprint density at radius 2 is 1.95 bits per heavy atom. The number of methoxy groups -OCH3 is 1. The van der Waals surface area contributed by atoms with E-state index in [2.05, 4.69) is 0 Å². The summed E-state index contributed by atoms with van der Waals surface area (Å²) in [5, 5.41) is 10.9. The van der Waals surface area contributed by atoms with E-state index in [1.54, 1.807) is 6.07 Å². The molecule has 4 nitrogen and oxygen atoms in total. The quantitative estimate of drug-likeness (QED) is 0.744. The topological polar surface area (TPSA) is 59.7 Å². The molecular weight excluding hydrogens is 268 g/mol. The fourth-order valence-corrected chi connectivity index (χ4v) is 2.34. The number of phenols is 1. The molecule has 0 fully saturated rings. The second-order valence-electron chi connectivity index (χ2n) is 4.76. The van der Waals surface area contributed by atoms with Crippen LogP contribution in [-0.4, -0.2) is 18.0 Å². The van der Waals surface area contributed by atoms with Gasteiger partial charge in [-0.15, -0.1) is 0 Å². The lowest BCUT2D eigenvalue weighted by molar-refractivity contribution is 0.101. The highest BCUT2D eigenvalue weighted by Crippen LogP contribution is 2.30. The number of ketones is 1. The number of furan rings is 1. The van der Waals surface area contributed by atoms with Crippen molar-refractivity contribution >= 4 is 16.8 Å². The molecule has 3 aromatic rings. The SMILES string of the molecule is COc1ccc(C(=O)c2oc3ccccc3c2C)c(O)c1. The number of ether oxygens (including phenoxy) is 1. The highest BCUT2D eigenvalue weighted by atomic mass is 16.5. The normalized spacial score (nSPS) is 10.8. The first-order valence-corrected chi connectivity index (χ1v) is 6.51. The predicted octanol–water partition coefficient (Wildman–Crippen LogP) is 3.69. The zero-order valence-electron chi connectivity index (χ0n) is 11.7. The van der Waals surface area contributed by atoms with Crippen molar-refractivity contribution < 1.29 is 19.1 Å². The molecule has 0 bridgehead atoms. The van der Waals surface area contributed by atoms with Crippen molar-refractivity contribution in [2.75, 3.05) is 7.11 Å². The molecule has 0 aliphatic carbocycles. The molecule has 0 aliphatic heterocycles. The molecule has 0 radical (unpaired) electrons. The Hall–Kier alpha value is -2.75. The summed E-state index contributed by atoms with van der Waals surface area (Å²) < 4.78 is 10.6. The van der Waals surface area contributed by atoms with Gasteiger partial charge in [0.25, 0.3) is 0 Å². The second kappa shape index (κ2) is 4.98. The van der Waals surface area contributed by atoms with Crippen LogP contribution < -0.4 is 4.74 Å². The molecule has 3 rings (SSSR count). The molecule has 2 aromatic carbocycles. The van der Waals surface area contributed by atoms with Crippen molar-refractivity contribution in [3.63, 3.8) is 0 Å². The summed E-state index contributed by atoms with van der Waals surface area (Å²) in [5.74, 6) is 0.269. The van der Waals surface area contributed by atoms with E-state index in [-0.39, 0.29) is 22.9 Å². The van der Waals surface area contributed by atoms with Gasteiger partial charge in [-0.1, -0.05) is 18.2 Å². The second-order valence-corrected chi connectivity index (χ2v) is 4.76. The minimum atomic E-state index is -0.344. The molecule has 1 N–H and O–H groups in total. The van der Waals surface area contributed by atoms with Crippen molar-refractivity contribution in [3.05, 3.63) is 59.4 Å². The number of para-hydroxylation sites is 1. The van der Waals surface area contributed by atoms with E-state index in [4.69, 9.17) is 9.15 Å². The van der Waals surface area contributed by atoms with E-state index in [1.165, 1.54) is 19.2 Å². The fraction of sp³-hybridized carbons (Fsp3) is 0.118. The first kappa shape index (κ1) is 13.2. The molecule has 106 valence electrons. The number of benzene rings is 2. The number of hydrogen-bond acceptors (Lipinski definition) is 4. The van der Waals surface area contributed by atoms with E-state index >= 15 is 0 Å². The number of rotatable bonds is 3. The van der Waals surface area contributed by atoms with Crippen LogP contribution in [0.4, 0.5) is 0 Å². The van der Waals surface area contributed by atoms with Gasteiger partial charge in [0.2, 0.25) is 5.78 Å². The zero-order valence-corrected chi connectivity index (χ0v) is 11.7. The molecule has 21 heavy (non-hydrogen) atoms. The van der Waals surface area contributed by atoms with E-state index in [1.807, 2.05) is 31.2 Å². The minimum absolute atomic E-state index is 0.126. The largest absolute Gasteiger partial charge is 0.507 e. The van der Waals surface area contributed by atoms with Crippen molar-refractivity contribution in [1.82, 2.24) is 0 Å². The summed E-state index contributed by atoms with van der Waals surface area (Å²) in [5.41, 5.74) is 1.62. The van der Waals surface area contributed by atoms with Crippen LogP contribution in [0.3, 0.4) is 0 Å². The summed E-state index contributed by atoms with van der Waals surface area (Å²) in [7, 11) is 1.50. The number of carbonyl (C=O) groups is 1. The van der Waals surface area contributed by atoms with Crippen LogP contribution in [0.25, 0.3) is 11.0 Å². The zero-order chi connectivity index (χ0) is 15.0. The Labute approximate surface area is 121 Å². The van der Waals surface area contributed by atoms with Crippen LogP contribution in [-0.2, 0) is 0 Å². The number of aromatic hydroxyl groups is 1. The molecule has 0 atom stereocenters. The van der Waals surface area contributed by atoms with Gasteiger partial charge in [-0.2, -0.15) is 0 Å². The number of aryl methyl sites for hydroxylation is 1. The monoisotopic (exact) mass is 282 g/mol. The van der Waals surface area contributed by atoms with Crippen LogP contribution in [0, 0.1) is 6.92 Å². The molecule has 0 saturated carbocycles. The summed E-state index contributed by atoms with van der Waals surface area (Å²) in [6.45, 7) is 1.83. The van der Waals surface area contributed by atoms with E-state index < -0.39 is 0 Å². The average Bonchev–Trinajstić information content (AvgIpc) is 2.84. The van der Waals surface area contributed by atoms with Crippen molar-refractivity contribution in [1.29, 1.82) is 0 Å². The Bertz CT molecular complexity index is 830. The van der Waals surface area contributed by atoms with Gasteiger partial charge in [-0.05, 0) is 25.1 Å². The number of carbonyl (C=O) groups excluding carboxylic acids is 1. The summed E-state index contributed by atoms with van der Waals surface area (Å²) in [6.07, 6.45) is 0. The van der Waals surface area contributed by atoms with Crippen LogP contribution in [0.1, 0.15) is 21.7 Å². The van der Waals surface area contributed by atoms with Crippen molar-refractivity contribution in [2.45, 2.75) is 6.92 Å². The minimum Gasteiger partial charge on any atom is -0.507 e. The van der Waals surface area contributed by atoms with Gasteiger partial charge in [-0.25, -0.2) is 0 Å². The molecule has 0 aliphatic rings. The summed E-state index contributed by atoms with van der Waals surface area (Å²) in [4.78, 5) is 12.6. The van der Waals surface area contributed by atoms with E-state index in [0.717, 1.165) is 10.9 Å². The van der Waals surface area contributed by atoms with E-state index in [9.17, 15) is 9.90 Å². The molecular formula is C17H14O4. The lowest BCUT2D eigenvalue weighted by Gasteiger charge is -2.05. The van der Waals surface area contributed by atoms with Crippen LogP contribution >= 0.6 is 0 Å². The molecule has 0 saturated heterocycles. The molecule has 0 unspecified atom stereocenters. The molecule has 1 aromatic heterocycles. The standard InChI is InChI=1S/C17H14O4/c1-10-12-5-3-4-6-15(12)21-17(10)16(19)13-8-7-11(20-2)9-14(13)18/h3-9,18H,1-2H3. The van der Waals surface area contributed by atoms with Crippen molar-refractivity contribution in [3.8, 4) is 11.5 Å². The van der Waals surface area contributed by atoms with Gasteiger partial charge in [0.05, 0.1) is 12.7 Å². The average molecular weight is 282 g/mol. The highest BCUT2D eigenvalue weighted by molar-refractivity contribution is 6.12. The van der Waals surface area contributed by atoms with Gasteiger partial charge in [0.15, 0.2) is 5.76 Å². The Balaban J connectivity index is 2.10. The Morgan fingerprint density at radius 3 is 2.62 bits per heavy atom. The third-order valence-corrected chi connectivity index (χ3v) is 3.50. The third-order valence-electron chi connectivity index (χ3n) is 3.50. The van der Waals surface area contributed by atoms with Gasteiger partial charge in [0, 0.05) is 17.0 Å². The Morgan fingerprint density at radius 1 is 1.19 bits per heavy atom. The summed E-state index contributed by atoms with van der Waals surface area (Å²) >= 11 is 0. The smallest absolute Gasteiger partial charge is 0.232 e.